The van der Waals surface area contributed by atoms with Gasteiger partial charge >= 0.3 is 0 Å². The van der Waals surface area contributed by atoms with Gasteiger partial charge < -0.3 is 10.1 Å². The number of ether oxygens (including phenoxy) is 1. The van der Waals surface area contributed by atoms with Crippen molar-refractivity contribution in [3.05, 3.63) is 0 Å². The molecule has 0 aromatic heterocycles. The number of hydrogen-bond donors (Lipinski definition) is 2. The molecule has 0 radical (unpaired) electrons. The Labute approximate surface area is 104 Å². The second kappa shape index (κ2) is 7.31. The van der Waals surface area contributed by atoms with Crippen LogP contribution in [0.15, 0.2) is 0 Å². The van der Waals surface area contributed by atoms with Gasteiger partial charge in [0.15, 0.2) is 0 Å². The monoisotopic (exact) mass is 264 g/mol. The first kappa shape index (κ1) is 14.9. The highest BCUT2D eigenvalue weighted by molar-refractivity contribution is 7.89. The fourth-order valence-electron chi connectivity index (χ4n) is 1.35. The van der Waals surface area contributed by atoms with Crippen LogP contribution in [0, 0.1) is 5.92 Å². The van der Waals surface area contributed by atoms with Crippen molar-refractivity contribution in [1.82, 2.24) is 10.0 Å². The molecule has 0 amide bonds. The molecule has 0 unspecified atom stereocenters. The first-order chi connectivity index (χ1) is 7.99. The van der Waals surface area contributed by atoms with Crippen LogP contribution in [0.4, 0.5) is 0 Å². The molecule has 102 valence electrons. The van der Waals surface area contributed by atoms with E-state index in [-0.39, 0.29) is 5.75 Å². The van der Waals surface area contributed by atoms with Crippen LogP contribution in [0.25, 0.3) is 0 Å². The van der Waals surface area contributed by atoms with Crippen molar-refractivity contribution in [2.75, 3.05) is 32.1 Å². The molecule has 0 atom stereocenters. The molecule has 0 spiro atoms. The lowest BCUT2D eigenvalue weighted by molar-refractivity contribution is 0.114. The van der Waals surface area contributed by atoms with Gasteiger partial charge in [-0.3, -0.25) is 0 Å². The van der Waals surface area contributed by atoms with E-state index < -0.39 is 10.0 Å². The highest BCUT2D eigenvalue weighted by atomic mass is 32.2. The van der Waals surface area contributed by atoms with Gasteiger partial charge in [0.2, 0.25) is 10.0 Å². The SMILES string of the molecule is CC(C)COCCNS(=O)(=O)CCNC1CC1. The Hall–Kier alpha value is -0.170. The van der Waals surface area contributed by atoms with E-state index in [9.17, 15) is 8.42 Å². The smallest absolute Gasteiger partial charge is 0.212 e. The average molecular weight is 264 g/mol. The first-order valence-electron chi connectivity index (χ1n) is 6.28. The molecule has 1 aliphatic carbocycles. The lowest BCUT2D eigenvalue weighted by Gasteiger charge is -2.09. The molecule has 0 aliphatic heterocycles. The van der Waals surface area contributed by atoms with Crippen molar-refractivity contribution in [2.24, 2.45) is 5.92 Å². The Balaban J connectivity index is 1.98. The van der Waals surface area contributed by atoms with Crippen LogP contribution in [-0.2, 0) is 14.8 Å². The molecule has 2 N–H and O–H groups in total. The lowest BCUT2D eigenvalue weighted by Crippen LogP contribution is -2.34. The molecular weight excluding hydrogens is 240 g/mol. The van der Waals surface area contributed by atoms with Crippen molar-refractivity contribution in [3.8, 4) is 0 Å². The quantitative estimate of drug-likeness (QED) is 0.558. The maximum absolute atomic E-state index is 11.5. The van der Waals surface area contributed by atoms with Crippen LogP contribution in [0.3, 0.4) is 0 Å². The Morgan fingerprint density at radius 1 is 1.29 bits per heavy atom. The van der Waals surface area contributed by atoms with Crippen molar-refractivity contribution >= 4 is 10.0 Å². The predicted octanol–water partition coefficient (Wildman–Crippen LogP) is 0.330. The van der Waals surface area contributed by atoms with E-state index in [0.29, 0.717) is 38.3 Å². The van der Waals surface area contributed by atoms with Gasteiger partial charge in [-0.15, -0.1) is 0 Å². The minimum atomic E-state index is -3.14. The summed E-state index contributed by atoms with van der Waals surface area (Å²) in [6.07, 6.45) is 2.35. The summed E-state index contributed by atoms with van der Waals surface area (Å²) in [6.45, 7) is 6.13. The average Bonchev–Trinajstić information content (AvgIpc) is 3.00. The van der Waals surface area contributed by atoms with Gasteiger partial charge in [0.05, 0.1) is 12.4 Å². The zero-order chi connectivity index (χ0) is 12.7. The van der Waals surface area contributed by atoms with E-state index >= 15 is 0 Å². The van der Waals surface area contributed by atoms with Gasteiger partial charge in [-0.05, 0) is 18.8 Å². The zero-order valence-electron chi connectivity index (χ0n) is 10.7. The second-order valence-corrected chi connectivity index (χ2v) is 6.84. The highest BCUT2D eigenvalue weighted by Gasteiger charge is 2.20. The third-order valence-corrected chi connectivity index (χ3v) is 3.79. The molecule has 0 aromatic carbocycles. The van der Waals surface area contributed by atoms with E-state index in [2.05, 4.69) is 23.9 Å². The molecule has 1 fully saturated rings. The summed E-state index contributed by atoms with van der Waals surface area (Å²) < 4.78 is 30.9. The van der Waals surface area contributed by atoms with Gasteiger partial charge in [0.25, 0.3) is 0 Å². The highest BCUT2D eigenvalue weighted by Crippen LogP contribution is 2.17. The minimum Gasteiger partial charge on any atom is -0.380 e. The second-order valence-electron chi connectivity index (χ2n) is 4.91. The standard InChI is InChI=1S/C11H24N2O3S/c1-10(2)9-16-7-5-13-17(14,15)8-6-12-11-3-4-11/h10-13H,3-9H2,1-2H3. The Morgan fingerprint density at radius 3 is 2.59 bits per heavy atom. The maximum atomic E-state index is 11.5. The molecule has 5 nitrogen and oxygen atoms in total. The van der Waals surface area contributed by atoms with Crippen molar-refractivity contribution < 1.29 is 13.2 Å². The molecule has 1 rings (SSSR count). The summed E-state index contributed by atoms with van der Waals surface area (Å²) in [6, 6.07) is 0.555. The Morgan fingerprint density at radius 2 is 2.00 bits per heavy atom. The fraction of sp³-hybridized carbons (Fsp3) is 1.00. The first-order valence-corrected chi connectivity index (χ1v) is 7.93. The van der Waals surface area contributed by atoms with Gasteiger partial charge in [-0.25, -0.2) is 13.1 Å². The van der Waals surface area contributed by atoms with E-state index in [1.165, 1.54) is 12.8 Å². The lowest BCUT2D eigenvalue weighted by atomic mass is 10.2. The Kier molecular flexibility index (Phi) is 6.40. The summed E-state index contributed by atoms with van der Waals surface area (Å²) in [4.78, 5) is 0. The van der Waals surface area contributed by atoms with Crippen LogP contribution < -0.4 is 10.0 Å². The minimum absolute atomic E-state index is 0.147. The molecule has 6 heteroatoms. The van der Waals surface area contributed by atoms with Gasteiger partial charge in [-0.1, -0.05) is 13.8 Å². The zero-order valence-corrected chi connectivity index (χ0v) is 11.6. The van der Waals surface area contributed by atoms with Gasteiger partial charge in [0, 0.05) is 25.7 Å². The third-order valence-electron chi connectivity index (χ3n) is 2.40. The van der Waals surface area contributed by atoms with Crippen molar-refractivity contribution in [1.29, 1.82) is 0 Å². The molecule has 0 saturated heterocycles. The van der Waals surface area contributed by atoms with Crippen molar-refractivity contribution in [3.63, 3.8) is 0 Å². The van der Waals surface area contributed by atoms with Gasteiger partial charge in [-0.2, -0.15) is 0 Å². The molecule has 17 heavy (non-hydrogen) atoms. The van der Waals surface area contributed by atoms with Crippen LogP contribution in [-0.4, -0.2) is 46.5 Å². The van der Waals surface area contributed by atoms with E-state index in [4.69, 9.17) is 4.74 Å². The van der Waals surface area contributed by atoms with Crippen LogP contribution in [0.1, 0.15) is 26.7 Å². The van der Waals surface area contributed by atoms with E-state index in [1.54, 1.807) is 0 Å². The van der Waals surface area contributed by atoms with Crippen LogP contribution in [0.2, 0.25) is 0 Å². The summed E-state index contributed by atoms with van der Waals surface area (Å²) in [7, 11) is -3.14. The summed E-state index contributed by atoms with van der Waals surface area (Å²) >= 11 is 0. The molecule has 0 bridgehead atoms. The largest absolute Gasteiger partial charge is 0.380 e. The topological polar surface area (TPSA) is 67.4 Å². The normalized spacial score (nSPS) is 16.6. The van der Waals surface area contributed by atoms with E-state index in [0.717, 1.165) is 0 Å². The predicted molar refractivity (Wildman–Crippen MR) is 68.5 cm³/mol. The van der Waals surface area contributed by atoms with Crippen LogP contribution in [0.5, 0.6) is 0 Å². The molecular formula is C11H24N2O3S. The van der Waals surface area contributed by atoms with E-state index in [1.807, 2.05) is 0 Å². The molecule has 0 aromatic rings. The van der Waals surface area contributed by atoms with Crippen molar-refractivity contribution in [2.45, 2.75) is 32.7 Å². The number of sulfonamides is 1. The molecule has 0 heterocycles. The summed E-state index contributed by atoms with van der Waals surface area (Å²) in [5, 5.41) is 3.18. The number of nitrogens with one attached hydrogen (secondary N) is 2. The molecule has 1 saturated carbocycles. The fourth-order valence-corrected chi connectivity index (χ4v) is 2.27. The molecule has 1 aliphatic rings. The maximum Gasteiger partial charge on any atom is 0.212 e. The van der Waals surface area contributed by atoms with Gasteiger partial charge in [0.1, 0.15) is 0 Å². The summed E-state index contributed by atoms with van der Waals surface area (Å²) in [5.41, 5.74) is 0. The Bertz CT molecular complexity index is 300. The van der Waals surface area contributed by atoms with Crippen LogP contribution >= 0.6 is 0 Å². The third kappa shape index (κ3) is 8.54. The number of hydrogen-bond acceptors (Lipinski definition) is 4. The number of rotatable bonds is 10. The summed E-state index contributed by atoms with van der Waals surface area (Å²) in [5.74, 6) is 0.627.